The van der Waals surface area contributed by atoms with Gasteiger partial charge in [0.15, 0.2) is 6.61 Å². The van der Waals surface area contributed by atoms with Crippen LogP contribution in [0.25, 0.3) is 0 Å². The highest BCUT2D eigenvalue weighted by Gasteiger charge is 2.10. The first kappa shape index (κ1) is 17.1. The summed E-state index contributed by atoms with van der Waals surface area (Å²) in [6, 6.07) is 11.3. The molecule has 24 heavy (non-hydrogen) atoms. The molecular weight excluding hydrogens is 314 g/mol. The SMILES string of the molecule is COc1cc(OC)cc(C(=O)Nc2ccc(OCC(=O)O)cc2)c1. The Morgan fingerprint density at radius 2 is 1.54 bits per heavy atom. The first-order chi connectivity index (χ1) is 11.5. The van der Waals surface area contributed by atoms with E-state index in [1.54, 1.807) is 42.5 Å². The zero-order valence-electron chi connectivity index (χ0n) is 13.2. The van der Waals surface area contributed by atoms with E-state index in [1.165, 1.54) is 14.2 Å². The predicted octanol–water partition coefficient (Wildman–Crippen LogP) is 2.42. The molecule has 2 N–H and O–H groups in total. The molecule has 0 aliphatic rings. The lowest BCUT2D eigenvalue weighted by Gasteiger charge is -2.10. The minimum absolute atomic E-state index is 0.327. The number of benzene rings is 2. The van der Waals surface area contributed by atoms with Gasteiger partial charge in [0.25, 0.3) is 5.91 Å². The van der Waals surface area contributed by atoms with E-state index in [0.717, 1.165) is 0 Å². The molecule has 0 spiro atoms. The number of carboxylic acids is 1. The van der Waals surface area contributed by atoms with Crippen molar-refractivity contribution in [3.63, 3.8) is 0 Å². The van der Waals surface area contributed by atoms with Gasteiger partial charge in [0.05, 0.1) is 14.2 Å². The normalized spacial score (nSPS) is 9.92. The van der Waals surface area contributed by atoms with E-state index >= 15 is 0 Å². The summed E-state index contributed by atoms with van der Waals surface area (Å²) in [5.74, 6) is 0.0399. The Hall–Kier alpha value is -3.22. The van der Waals surface area contributed by atoms with E-state index in [-0.39, 0.29) is 5.91 Å². The second kappa shape index (κ2) is 7.87. The van der Waals surface area contributed by atoms with Crippen molar-refractivity contribution in [2.45, 2.75) is 0 Å². The van der Waals surface area contributed by atoms with Gasteiger partial charge in [-0.15, -0.1) is 0 Å². The molecule has 0 saturated carbocycles. The summed E-state index contributed by atoms with van der Waals surface area (Å²) in [7, 11) is 3.01. The van der Waals surface area contributed by atoms with Gasteiger partial charge >= 0.3 is 5.97 Å². The molecule has 126 valence electrons. The van der Waals surface area contributed by atoms with E-state index in [0.29, 0.717) is 28.5 Å². The van der Waals surface area contributed by atoms with Crippen LogP contribution in [0.2, 0.25) is 0 Å². The zero-order valence-corrected chi connectivity index (χ0v) is 13.2. The largest absolute Gasteiger partial charge is 0.497 e. The lowest BCUT2D eigenvalue weighted by Crippen LogP contribution is -2.12. The van der Waals surface area contributed by atoms with E-state index < -0.39 is 12.6 Å². The van der Waals surface area contributed by atoms with Gasteiger partial charge in [-0.3, -0.25) is 4.79 Å². The molecule has 0 bridgehead atoms. The van der Waals surface area contributed by atoms with Crippen LogP contribution < -0.4 is 19.5 Å². The van der Waals surface area contributed by atoms with Gasteiger partial charge < -0.3 is 24.6 Å². The van der Waals surface area contributed by atoms with E-state index in [9.17, 15) is 9.59 Å². The fourth-order valence-corrected chi connectivity index (χ4v) is 1.92. The molecule has 0 heterocycles. The smallest absolute Gasteiger partial charge is 0.341 e. The van der Waals surface area contributed by atoms with Crippen molar-refractivity contribution in [2.24, 2.45) is 0 Å². The number of rotatable bonds is 7. The summed E-state index contributed by atoms with van der Waals surface area (Å²) in [6.07, 6.45) is 0. The van der Waals surface area contributed by atoms with Gasteiger partial charge in [-0.2, -0.15) is 0 Å². The van der Waals surface area contributed by atoms with Crippen molar-refractivity contribution in [1.82, 2.24) is 0 Å². The first-order valence-corrected chi connectivity index (χ1v) is 7.01. The maximum absolute atomic E-state index is 12.3. The van der Waals surface area contributed by atoms with Gasteiger partial charge in [-0.25, -0.2) is 4.79 Å². The molecule has 2 rings (SSSR count). The number of nitrogens with one attached hydrogen (secondary N) is 1. The van der Waals surface area contributed by atoms with Gasteiger partial charge in [0.1, 0.15) is 17.2 Å². The van der Waals surface area contributed by atoms with Crippen molar-refractivity contribution in [3.05, 3.63) is 48.0 Å². The Labute approximate surface area is 138 Å². The molecule has 2 aromatic carbocycles. The fraction of sp³-hybridized carbons (Fsp3) is 0.176. The predicted molar refractivity (Wildman–Crippen MR) is 87.1 cm³/mol. The summed E-state index contributed by atoms with van der Waals surface area (Å²) < 4.78 is 15.3. The molecule has 0 unspecified atom stereocenters. The third-order valence-corrected chi connectivity index (χ3v) is 3.09. The zero-order chi connectivity index (χ0) is 17.5. The minimum Gasteiger partial charge on any atom is -0.497 e. The minimum atomic E-state index is -1.06. The maximum Gasteiger partial charge on any atom is 0.341 e. The molecule has 7 nitrogen and oxygen atoms in total. The summed E-state index contributed by atoms with van der Waals surface area (Å²) in [6.45, 7) is -0.421. The highest BCUT2D eigenvalue weighted by Crippen LogP contribution is 2.23. The number of anilines is 1. The third-order valence-electron chi connectivity index (χ3n) is 3.09. The number of methoxy groups -OCH3 is 2. The fourth-order valence-electron chi connectivity index (χ4n) is 1.92. The van der Waals surface area contributed by atoms with Crippen molar-refractivity contribution >= 4 is 17.6 Å². The van der Waals surface area contributed by atoms with Gasteiger partial charge in [-0.05, 0) is 36.4 Å². The van der Waals surface area contributed by atoms with E-state index in [2.05, 4.69) is 5.32 Å². The molecule has 1 amide bonds. The van der Waals surface area contributed by atoms with Crippen LogP contribution in [0, 0.1) is 0 Å². The number of carbonyl (C=O) groups is 2. The molecule has 0 radical (unpaired) electrons. The van der Waals surface area contributed by atoms with Crippen LogP contribution >= 0.6 is 0 Å². The van der Waals surface area contributed by atoms with Gasteiger partial charge in [0.2, 0.25) is 0 Å². The lowest BCUT2D eigenvalue weighted by molar-refractivity contribution is -0.139. The van der Waals surface area contributed by atoms with Crippen LogP contribution in [0.1, 0.15) is 10.4 Å². The number of hydrogen-bond donors (Lipinski definition) is 2. The van der Waals surface area contributed by atoms with Crippen LogP contribution in [0.3, 0.4) is 0 Å². The number of aliphatic carboxylic acids is 1. The topological polar surface area (TPSA) is 94.1 Å². The summed E-state index contributed by atoms with van der Waals surface area (Å²) >= 11 is 0. The Bertz CT molecular complexity index is 704. The molecule has 0 aliphatic heterocycles. The van der Waals surface area contributed by atoms with E-state index in [1.807, 2.05) is 0 Å². The third kappa shape index (κ3) is 4.64. The average Bonchev–Trinajstić information content (AvgIpc) is 2.60. The number of ether oxygens (including phenoxy) is 3. The molecule has 7 heteroatoms. The van der Waals surface area contributed by atoms with Crippen molar-refractivity contribution < 1.29 is 28.9 Å². The quantitative estimate of drug-likeness (QED) is 0.809. The molecule has 0 saturated heterocycles. The lowest BCUT2D eigenvalue weighted by atomic mass is 10.1. The monoisotopic (exact) mass is 331 g/mol. The summed E-state index contributed by atoms with van der Waals surface area (Å²) in [4.78, 5) is 22.8. The second-order valence-electron chi connectivity index (χ2n) is 4.76. The van der Waals surface area contributed by atoms with Crippen molar-refractivity contribution in [3.8, 4) is 17.2 Å². The van der Waals surface area contributed by atoms with Crippen LogP contribution in [-0.2, 0) is 4.79 Å². The number of carboxylic acid groups (broad SMARTS) is 1. The van der Waals surface area contributed by atoms with Crippen LogP contribution in [0.5, 0.6) is 17.2 Å². The highest BCUT2D eigenvalue weighted by molar-refractivity contribution is 6.04. The molecule has 0 fully saturated rings. The second-order valence-corrected chi connectivity index (χ2v) is 4.76. The highest BCUT2D eigenvalue weighted by atomic mass is 16.5. The summed E-state index contributed by atoms with van der Waals surface area (Å²) in [5, 5.41) is 11.3. The number of hydrogen-bond acceptors (Lipinski definition) is 5. The van der Waals surface area contributed by atoms with Crippen molar-refractivity contribution in [2.75, 3.05) is 26.1 Å². The van der Waals surface area contributed by atoms with E-state index in [4.69, 9.17) is 19.3 Å². The molecule has 0 aromatic heterocycles. The first-order valence-electron chi connectivity index (χ1n) is 7.01. The Morgan fingerprint density at radius 1 is 0.958 bits per heavy atom. The van der Waals surface area contributed by atoms with Crippen LogP contribution in [-0.4, -0.2) is 37.8 Å². The number of carbonyl (C=O) groups excluding carboxylic acids is 1. The summed E-state index contributed by atoms with van der Waals surface area (Å²) in [5.41, 5.74) is 0.932. The Morgan fingerprint density at radius 3 is 2.04 bits per heavy atom. The maximum atomic E-state index is 12.3. The Balaban J connectivity index is 2.07. The van der Waals surface area contributed by atoms with Gasteiger partial charge in [0, 0.05) is 17.3 Å². The molecule has 0 aliphatic carbocycles. The Kier molecular flexibility index (Phi) is 5.62. The average molecular weight is 331 g/mol. The van der Waals surface area contributed by atoms with Crippen LogP contribution in [0.15, 0.2) is 42.5 Å². The molecule has 2 aromatic rings. The standard InChI is InChI=1S/C17H17NO6/c1-22-14-7-11(8-15(9-14)23-2)17(21)18-12-3-5-13(6-4-12)24-10-16(19)20/h3-9H,10H2,1-2H3,(H,18,21)(H,19,20). The molecule has 0 atom stereocenters. The number of amides is 1. The van der Waals surface area contributed by atoms with Gasteiger partial charge in [-0.1, -0.05) is 0 Å². The molecular formula is C17H17NO6. The van der Waals surface area contributed by atoms with Crippen LogP contribution in [0.4, 0.5) is 5.69 Å². The van der Waals surface area contributed by atoms with Crippen molar-refractivity contribution in [1.29, 1.82) is 0 Å².